The molecule has 0 aliphatic rings. The van der Waals surface area contributed by atoms with Gasteiger partial charge in [0.05, 0.1) is 18.3 Å². The van der Waals surface area contributed by atoms with Gasteiger partial charge >= 0.3 is 0 Å². The molecule has 2 rings (SSSR count). The second-order valence-corrected chi connectivity index (χ2v) is 5.99. The van der Waals surface area contributed by atoms with Crippen LogP contribution >= 0.6 is 47.2 Å². The fourth-order valence-electron chi connectivity index (χ4n) is 2.17. The third kappa shape index (κ3) is 5.26. The summed E-state index contributed by atoms with van der Waals surface area (Å²) in [5.74, 6) is 0.360. The maximum absolute atomic E-state index is 6.19. The molecule has 1 heterocycles. The summed E-state index contributed by atoms with van der Waals surface area (Å²) in [6, 6.07) is 5.31. The van der Waals surface area contributed by atoms with Crippen LogP contribution in [0.25, 0.3) is 0 Å². The highest BCUT2D eigenvalue weighted by Crippen LogP contribution is 2.25. The molecule has 1 aromatic heterocycles. The lowest BCUT2D eigenvalue weighted by molar-refractivity contribution is 0.708. The van der Waals surface area contributed by atoms with Gasteiger partial charge in [0.25, 0.3) is 0 Å². The summed E-state index contributed by atoms with van der Waals surface area (Å²) in [7, 11) is 0. The Balaban J connectivity index is 0.00000264. The van der Waals surface area contributed by atoms with E-state index in [1.54, 1.807) is 12.1 Å². The van der Waals surface area contributed by atoms with E-state index < -0.39 is 0 Å². The summed E-state index contributed by atoms with van der Waals surface area (Å²) in [6.07, 6.45) is 0. The SMILES string of the molecule is Cc1n[nH]c(C)c1CN=C(N)NC(C)c1ccc(Cl)cc1Cl.I. The Labute approximate surface area is 163 Å². The Morgan fingerprint density at radius 3 is 2.65 bits per heavy atom. The molecule has 0 fully saturated rings. The number of nitrogens with zero attached hydrogens (tertiary/aromatic N) is 2. The lowest BCUT2D eigenvalue weighted by Gasteiger charge is -2.16. The zero-order valence-electron chi connectivity index (χ0n) is 13.2. The number of halogens is 3. The maximum Gasteiger partial charge on any atom is 0.189 e. The van der Waals surface area contributed by atoms with Gasteiger partial charge < -0.3 is 11.1 Å². The van der Waals surface area contributed by atoms with E-state index in [2.05, 4.69) is 20.5 Å². The summed E-state index contributed by atoms with van der Waals surface area (Å²) in [5, 5.41) is 11.4. The van der Waals surface area contributed by atoms with Gasteiger partial charge in [-0.25, -0.2) is 4.99 Å². The smallest absolute Gasteiger partial charge is 0.189 e. The van der Waals surface area contributed by atoms with E-state index in [1.807, 2.05) is 26.8 Å². The molecular formula is C15H20Cl2IN5. The van der Waals surface area contributed by atoms with Crippen molar-refractivity contribution in [1.29, 1.82) is 0 Å². The lowest BCUT2D eigenvalue weighted by Crippen LogP contribution is -2.34. The van der Waals surface area contributed by atoms with Crippen LogP contribution in [0.1, 0.15) is 35.5 Å². The van der Waals surface area contributed by atoms with Crippen LogP contribution in [0.4, 0.5) is 0 Å². The normalized spacial score (nSPS) is 12.7. The second kappa shape index (κ2) is 8.75. The molecule has 5 nitrogen and oxygen atoms in total. The molecule has 23 heavy (non-hydrogen) atoms. The fraction of sp³-hybridized carbons (Fsp3) is 0.333. The van der Waals surface area contributed by atoms with Gasteiger partial charge in [0.1, 0.15) is 0 Å². The Morgan fingerprint density at radius 1 is 1.39 bits per heavy atom. The van der Waals surface area contributed by atoms with Crippen molar-refractivity contribution in [3.63, 3.8) is 0 Å². The average Bonchev–Trinajstić information content (AvgIpc) is 2.75. The Morgan fingerprint density at radius 2 is 2.09 bits per heavy atom. The molecular weight excluding hydrogens is 448 g/mol. The first kappa shape index (κ1) is 20.1. The van der Waals surface area contributed by atoms with Crippen LogP contribution in [-0.4, -0.2) is 16.2 Å². The zero-order valence-corrected chi connectivity index (χ0v) is 17.0. The number of aromatic nitrogens is 2. The minimum absolute atomic E-state index is 0. The van der Waals surface area contributed by atoms with Crippen molar-refractivity contribution in [2.24, 2.45) is 10.7 Å². The van der Waals surface area contributed by atoms with E-state index in [-0.39, 0.29) is 30.0 Å². The first-order valence-corrected chi connectivity index (χ1v) is 7.66. The number of hydrogen-bond acceptors (Lipinski definition) is 2. The number of aryl methyl sites for hydroxylation is 2. The third-order valence-electron chi connectivity index (χ3n) is 3.48. The van der Waals surface area contributed by atoms with Crippen LogP contribution in [0.15, 0.2) is 23.2 Å². The predicted molar refractivity (Wildman–Crippen MR) is 107 cm³/mol. The van der Waals surface area contributed by atoms with E-state index in [9.17, 15) is 0 Å². The van der Waals surface area contributed by atoms with E-state index in [0.29, 0.717) is 22.5 Å². The van der Waals surface area contributed by atoms with Crippen molar-refractivity contribution in [1.82, 2.24) is 15.5 Å². The van der Waals surface area contributed by atoms with Crippen molar-refractivity contribution in [3.8, 4) is 0 Å². The van der Waals surface area contributed by atoms with Crippen LogP contribution in [0.5, 0.6) is 0 Å². The van der Waals surface area contributed by atoms with E-state index in [1.165, 1.54) is 0 Å². The molecule has 1 aromatic carbocycles. The average molecular weight is 468 g/mol. The second-order valence-electron chi connectivity index (χ2n) is 5.15. The standard InChI is InChI=1S/C15H19Cl2N5.HI/c1-8(12-5-4-11(16)6-14(12)17)20-15(18)19-7-13-9(2)21-22-10(13)3;/h4-6,8H,7H2,1-3H3,(H,21,22)(H3,18,19,20);1H. The summed E-state index contributed by atoms with van der Waals surface area (Å²) < 4.78 is 0. The van der Waals surface area contributed by atoms with E-state index in [0.717, 1.165) is 22.5 Å². The van der Waals surface area contributed by atoms with Gasteiger partial charge in [-0.1, -0.05) is 29.3 Å². The van der Waals surface area contributed by atoms with Crippen LogP contribution in [-0.2, 0) is 6.54 Å². The summed E-state index contributed by atoms with van der Waals surface area (Å²) in [4.78, 5) is 4.36. The van der Waals surface area contributed by atoms with Gasteiger partial charge in [-0.3, -0.25) is 5.10 Å². The molecule has 0 amide bonds. The summed E-state index contributed by atoms with van der Waals surface area (Å²) in [5.41, 5.74) is 9.86. The van der Waals surface area contributed by atoms with Crippen molar-refractivity contribution < 1.29 is 0 Å². The van der Waals surface area contributed by atoms with Gasteiger partial charge in [-0.2, -0.15) is 5.10 Å². The van der Waals surface area contributed by atoms with Crippen molar-refractivity contribution >= 4 is 53.1 Å². The number of aromatic amines is 1. The number of benzene rings is 1. The Bertz CT molecular complexity index is 680. The first-order valence-electron chi connectivity index (χ1n) is 6.90. The van der Waals surface area contributed by atoms with Gasteiger partial charge in [0.2, 0.25) is 0 Å². The molecule has 0 aliphatic carbocycles. The van der Waals surface area contributed by atoms with E-state index in [4.69, 9.17) is 28.9 Å². The van der Waals surface area contributed by atoms with Gasteiger partial charge in [-0.05, 0) is 38.5 Å². The van der Waals surface area contributed by atoms with Crippen LogP contribution in [0, 0.1) is 13.8 Å². The number of guanidine groups is 1. The summed E-state index contributed by atoms with van der Waals surface area (Å²) >= 11 is 12.1. The van der Waals surface area contributed by atoms with Crippen molar-refractivity contribution in [2.45, 2.75) is 33.4 Å². The molecule has 8 heteroatoms. The number of H-pyrrole nitrogens is 1. The topological polar surface area (TPSA) is 79.1 Å². The van der Waals surface area contributed by atoms with Gasteiger partial charge in [-0.15, -0.1) is 24.0 Å². The molecule has 0 saturated heterocycles. The molecule has 0 bridgehead atoms. The molecule has 1 unspecified atom stereocenters. The summed E-state index contributed by atoms with van der Waals surface area (Å²) in [6.45, 7) is 6.35. The van der Waals surface area contributed by atoms with Crippen LogP contribution < -0.4 is 11.1 Å². The number of nitrogens with two attached hydrogens (primary N) is 1. The first-order chi connectivity index (χ1) is 10.4. The van der Waals surface area contributed by atoms with Crippen molar-refractivity contribution in [2.75, 3.05) is 0 Å². The Kier molecular flexibility index (Phi) is 7.63. The molecule has 0 radical (unpaired) electrons. The quantitative estimate of drug-likeness (QED) is 0.359. The zero-order chi connectivity index (χ0) is 16.3. The third-order valence-corrected chi connectivity index (χ3v) is 4.04. The molecule has 0 aliphatic heterocycles. The van der Waals surface area contributed by atoms with E-state index >= 15 is 0 Å². The highest BCUT2D eigenvalue weighted by atomic mass is 127. The van der Waals surface area contributed by atoms with Gasteiger partial charge in [0.15, 0.2) is 5.96 Å². The minimum Gasteiger partial charge on any atom is -0.370 e. The lowest BCUT2D eigenvalue weighted by atomic mass is 10.1. The predicted octanol–water partition coefficient (Wildman–Crippen LogP) is 4.12. The maximum atomic E-state index is 6.19. The number of rotatable bonds is 4. The monoisotopic (exact) mass is 467 g/mol. The number of hydrogen-bond donors (Lipinski definition) is 3. The van der Waals surface area contributed by atoms with Gasteiger partial charge in [0, 0.05) is 21.3 Å². The van der Waals surface area contributed by atoms with Crippen LogP contribution in [0.3, 0.4) is 0 Å². The molecule has 4 N–H and O–H groups in total. The molecule has 0 spiro atoms. The highest BCUT2D eigenvalue weighted by Gasteiger charge is 2.11. The minimum atomic E-state index is -0.0694. The molecule has 0 saturated carbocycles. The fourth-order valence-corrected chi connectivity index (χ4v) is 2.74. The molecule has 2 aromatic rings. The molecule has 1 atom stereocenters. The molecule has 126 valence electrons. The highest BCUT2D eigenvalue weighted by molar-refractivity contribution is 14.0. The largest absolute Gasteiger partial charge is 0.370 e. The van der Waals surface area contributed by atoms with Crippen LogP contribution in [0.2, 0.25) is 10.0 Å². The Hall–Kier alpha value is -0.990. The number of aliphatic imine (C=N–C) groups is 1. The van der Waals surface area contributed by atoms with Crippen molar-refractivity contribution in [3.05, 3.63) is 50.8 Å². The number of nitrogens with one attached hydrogen (secondary N) is 2.